The van der Waals surface area contributed by atoms with E-state index in [2.05, 4.69) is 16.6 Å². The van der Waals surface area contributed by atoms with Crippen molar-refractivity contribution in [2.24, 2.45) is 0 Å². The van der Waals surface area contributed by atoms with Crippen LogP contribution in [0.5, 0.6) is 0 Å². The summed E-state index contributed by atoms with van der Waals surface area (Å²) in [6, 6.07) is 0. The molecular weight excluding hydrogens is 295 g/mol. The summed E-state index contributed by atoms with van der Waals surface area (Å²) in [7, 11) is 0. The van der Waals surface area contributed by atoms with Gasteiger partial charge in [0, 0.05) is 11.5 Å². The van der Waals surface area contributed by atoms with E-state index in [0.29, 0.717) is 13.2 Å². The number of aromatic nitrogens is 5. The monoisotopic (exact) mass is 317 g/mol. The van der Waals surface area contributed by atoms with Crippen molar-refractivity contribution in [2.75, 3.05) is 0 Å². The fraction of sp³-hybridized carbons (Fsp3) is 0.643. The molecule has 0 N–H and O–H groups in total. The number of aryl methyl sites for hydroxylation is 2. The van der Waals surface area contributed by atoms with Gasteiger partial charge >= 0.3 is 6.18 Å². The third-order valence-corrected chi connectivity index (χ3v) is 3.33. The van der Waals surface area contributed by atoms with Gasteiger partial charge in [-0.15, -0.1) is 0 Å². The zero-order valence-electron chi connectivity index (χ0n) is 12.7. The van der Waals surface area contributed by atoms with Crippen molar-refractivity contribution >= 4 is 0 Å². The second-order valence-corrected chi connectivity index (χ2v) is 5.40. The van der Waals surface area contributed by atoms with E-state index in [0.717, 1.165) is 19.4 Å². The van der Waals surface area contributed by atoms with Gasteiger partial charge in [0.2, 0.25) is 19.3 Å². The first-order valence-corrected chi connectivity index (χ1v) is 7.49. The van der Waals surface area contributed by atoms with Crippen LogP contribution in [0.15, 0.2) is 31.4 Å². The van der Waals surface area contributed by atoms with Crippen LogP contribution in [0.2, 0.25) is 0 Å². The average molecular weight is 317 g/mol. The molecule has 0 spiro atoms. The lowest BCUT2D eigenvalue weighted by atomic mass is 10.3. The zero-order valence-corrected chi connectivity index (χ0v) is 12.7. The summed E-state index contributed by atoms with van der Waals surface area (Å²) in [5, 5.41) is 4.17. The molecule has 0 amide bonds. The highest BCUT2D eigenvalue weighted by Gasteiger charge is 2.26. The highest BCUT2D eigenvalue weighted by molar-refractivity contribution is 4.65. The Morgan fingerprint density at radius 2 is 1.95 bits per heavy atom. The van der Waals surface area contributed by atoms with E-state index >= 15 is 0 Å². The number of imidazole rings is 1. The van der Waals surface area contributed by atoms with Gasteiger partial charge < -0.3 is 0 Å². The normalized spacial score (nSPS) is 12.0. The zero-order chi connectivity index (χ0) is 16.0. The number of nitrogens with zero attached hydrogens (tertiary/aromatic N) is 5. The van der Waals surface area contributed by atoms with Gasteiger partial charge in [-0.1, -0.05) is 18.0 Å². The molecule has 2 aromatic heterocycles. The number of hydrogen-bond donors (Lipinski definition) is 0. The highest BCUT2D eigenvalue weighted by Crippen LogP contribution is 2.20. The fourth-order valence-corrected chi connectivity index (χ4v) is 2.18. The Labute approximate surface area is 127 Å². The lowest BCUT2D eigenvalue weighted by Crippen LogP contribution is -2.37. The van der Waals surface area contributed by atoms with Crippen LogP contribution < -0.4 is 9.13 Å². The number of alkyl halides is 3. The van der Waals surface area contributed by atoms with E-state index in [-0.39, 0.29) is 6.42 Å². The Bertz CT molecular complexity index is 573. The standard InChI is InChI=1S/C14H22F3N5/c1-2-3-6-19-8-9-21(11-19)13-22-12-20(10-18-22)7-4-5-14(15,16)17/h8-12H,2-7,13H2,1H3/q+2. The topological polar surface area (TPSA) is 30.5 Å². The van der Waals surface area contributed by atoms with Crippen LogP contribution in [0.25, 0.3) is 0 Å². The summed E-state index contributed by atoms with van der Waals surface area (Å²) >= 11 is 0. The lowest BCUT2D eigenvalue weighted by molar-refractivity contribution is -0.713. The molecule has 122 valence electrons. The summed E-state index contributed by atoms with van der Waals surface area (Å²) in [5.74, 6) is 0. The van der Waals surface area contributed by atoms with Crippen molar-refractivity contribution < 1.29 is 22.3 Å². The van der Waals surface area contributed by atoms with Crippen LogP contribution in [-0.2, 0) is 19.8 Å². The third-order valence-electron chi connectivity index (χ3n) is 3.33. The maximum atomic E-state index is 12.1. The summed E-state index contributed by atoms with van der Waals surface area (Å²) in [6.45, 7) is 4.01. The average Bonchev–Trinajstić information content (AvgIpc) is 3.05. The smallest absolute Gasteiger partial charge is 0.237 e. The molecule has 0 radical (unpaired) electrons. The molecule has 0 saturated carbocycles. The number of halogens is 3. The van der Waals surface area contributed by atoms with E-state index in [4.69, 9.17) is 0 Å². The maximum Gasteiger partial charge on any atom is 0.389 e. The van der Waals surface area contributed by atoms with Crippen LogP contribution in [0.1, 0.15) is 32.6 Å². The van der Waals surface area contributed by atoms with E-state index in [1.54, 1.807) is 21.9 Å². The summed E-state index contributed by atoms with van der Waals surface area (Å²) in [4.78, 5) is 0. The first-order valence-electron chi connectivity index (χ1n) is 7.49. The quantitative estimate of drug-likeness (QED) is 0.684. The van der Waals surface area contributed by atoms with Gasteiger partial charge in [-0.3, -0.25) is 0 Å². The summed E-state index contributed by atoms with van der Waals surface area (Å²) in [6.07, 6.45) is 6.77. The molecule has 0 atom stereocenters. The van der Waals surface area contributed by atoms with Crippen LogP contribution in [-0.4, -0.2) is 20.5 Å². The molecule has 8 heteroatoms. The van der Waals surface area contributed by atoms with Crippen molar-refractivity contribution in [1.29, 1.82) is 0 Å². The second-order valence-electron chi connectivity index (χ2n) is 5.40. The Hall–Kier alpha value is -1.86. The molecule has 0 unspecified atom stereocenters. The predicted molar refractivity (Wildman–Crippen MR) is 72.6 cm³/mol. The second kappa shape index (κ2) is 7.42. The molecular formula is C14H22F3N5+2. The molecule has 0 aliphatic carbocycles. The lowest BCUT2D eigenvalue weighted by Gasteiger charge is -2.03. The summed E-state index contributed by atoms with van der Waals surface area (Å²) in [5.41, 5.74) is 0. The minimum atomic E-state index is -4.09. The van der Waals surface area contributed by atoms with Gasteiger partial charge in [0.15, 0.2) is 0 Å². The first-order chi connectivity index (χ1) is 10.5. The molecule has 2 rings (SSSR count). The van der Waals surface area contributed by atoms with Crippen molar-refractivity contribution in [2.45, 2.75) is 58.5 Å². The third kappa shape index (κ3) is 5.50. The van der Waals surface area contributed by atoms with Gasteiger partial charge in [-0.2, -0.15) is 13.2 Å². The van der Waals surface area contributed by atoms with Gasteiger partial charge in [0.25, 0.3) is 6.33 Å². The molecule has 0 fully saturated rings. The minimum absolute atomic E-state index is 0.0698. The number of hydrogen-bond acceptors (Lipinski definition) is 1. The maximum absolute atomic E-state index is 12.1. The molecule has 0 saturated heterocycles. The van der Waals surface area contributed by atoms with Crippen LogP contribution in [0.4, 0.5) is 13.2 Å². The highest BCUT2D eigenvalue weighted by atomic mass is 19.4. The van der Waals surface area contributed by atoms with Crippen LogP contribution in [0, 0.1) is 0 Å². The van der Waals surface area contributed by atoms with Crippen LogP contribution in [0.3, 0.4) is 0 Å². The molecule has 2 aromatic rings. The molecule has 22 heavy (non-hydrogen) atoms. The van der Waals surface area contributed by atoms with E-state index in [9.17, 15) is 13.2 Å². The molecule has 0 bridgehead atoms. The Morgan fingerprint density at radius 1 is 1.14 bits per heavy atom. The van der Waals surface area contributed by atoms with E-state index in [1.165, 1.54) is 0 Å². The largest absolute Gasteiger partial charge is 0.389 e. The molecule has 5 nitrogen and oxygen atoms in total. The number of rotatable bonds is 8. The van der Waals surface area contributed by atoms with Gasteiger partial charge in [0.05, 0.1) is 13.1 Å². The van der Waals surface area contributed by atoms with Crippen molar-refractivity contribution in [3.05, 3.63) is 31.4 Å². The SMILES string of the molecule is CCCCn1cc[n+](Cn2c[n+](CCCC(F)(F)F)cn2)c1. The van der Waals surface area contributed by atoms with Gasteiger partial charge in [-0.05, 0) is 12.8 Å². The molecule has 0 aliphatic rings. The van der Waals surface area contributed by atoms with Crippen molar-refractivity contribution in [3.63, 3.8) is 0 Å². The van der Waals surface area contributed by atoms with E-state index < -0.39 is 12.6 Å². The summed E-state index contributed by atoms with van der Waals surface area (Å²) < 4.78 is 43.8. The van der Waals surface area contributed by atoms with Crippen molar-refractivity contribution in [1.82, 2.24) is 14.3 Å². The molecule has 0 aromatic carbocycles. The Morgan fingerprint density at radius 3 is 2.68 bits per heavy atom. The van der Waals surface area contributed by atoms with Gasteiger partial charge in [-0.25, -0.2) is 13.7 Å². The molecule has 0 aliphatic heterocycles. The van der Waals surface area contributed by atoms with Crippen molar-refractivity contribution in [3.8, 4) is 0 Å². The molecule has 2 heterocycles. The number of unbranched alkanes of at least 4 members (excludes halogenated alkanes) is 1. The van der Waals surface area contributed by atoms with E-state index in [1.807, 2.05) is 23.3 Å². The van der Waals surface area contributed by atoms with Gasteiger partial charge in [0.1, 0.15) is 12.4 Å². The first kappa shape index (κ1) is 16.5. The fourth-order valence-electron chi connectivity index (χ4n) is 2.18. The van der Waals surface area contributed by atoms with Crippen LogP contribution >= 0.6 is 0 Å². The Kier molecular flexibility index (Phi) is 5.57. The minimum Gasteiger partial charge on any atom is -0.237 e. The Balaban J connectivity index is 1.82. The predicted octanol–water partition coefficient (Wildman–Crippen LogP) is 1.91.